The number of imidazole rings is 1. The second-order valence-electron chi connectivity index (χ2n) is 6.12. The van der Waals surface area contributed by atoms with E-state index < -0.39 is 0 Å². The van der Waals surface area contributed by atoms with Gasteiger partial charge >= 0.3 is 0 Å². The molecule has 0 radical (unpaired) electrons. The number of aromatic nitrogens is 2. The fraction of sp³-hybridized carbons (Fsp3) is 0.474. The summed E-state index contributed by atoms with van der Waals surface area (Å²) in [5, 5.41) is 4.36. The number of anilines is 2. The lowest BCUT2D eigenvalue weighted by molar-refractivity contribution is 0.678. The summed E-state index contributed by atoms with van der Waals surface area (Å²) >= 11 is 0. The number of benzene rings is 1. The van der Waals surface area contributed by atoms with Crippen molar-refractivity contribution in [2.75, 3.05) is 23.7 Å². The molecule has 0 aliphatic heterocycles. The number of hydrogen-bond acceptors (Lipinski definition) is 4. The lowest BCUT2D eigenvalue weighted by atomic mass is 10.2. The summed E-state index contributed by atoms with van der Waals surface area (Å²) in [6, 6.07) is 8.55. The number of nitrogen functional groups attached to an aromatic ring is 1. The first kappa shape index (κ1) is 18.0. The number of hydrogen-bond donors (Lipinski definition) is 1. The topological polar surface area (TPSA) is 59.4 Å². The first-order valence-electron chi connectivity index (χ1n) is 8.84. The van der Waals surface area contributed by atoms with Crippen LogP contribution in [0.25, 0.3) is 0 Å². The van der Waals surface area contributed by atoms with Crippen molar-refractivity contribution in [3.63, 3.8) is 0 Å². The summed E-state index contributed by atoms with van der Waals surface area (Å²) in [5.41, 5.74) is 8.99. The maximum absolute atomic E-state index is 5.79. The molecule has 5 heteroatoms. The number of rotatable bonds is 9. The van der Waals surface area contributed by atoms with E-state index in [-0.39, 0.29) is 0 Å². The van der Waals surface area contributed by atoms with Gasteiger partial charge < -0.3 is 10.6 Å². The fourth-order valence-corrected chi connectivity index (χ4v) is 2.56. The molecule has 0 fully saturated rings. The Morgan fingerprint density at radius 2 is 1.75 bits per heavy atom. The third-order valence-corrected chi connectivity index (χ3v) is 3.99. The Morgan fingerprint density at radius 3 is 2.25 bits per heavy atom. The molecule has 0 saturated carbocycles. The van der Waals surface area contributed by atoms with Gasteiger partial charge in [-0.25, -0.2) is 9.66 Å². The van der Waals surface area contributed by atoms with Gasteiger partial charge in [-0.05, 0) is 37.5 Å². The Labute approximate surface area is 145 Å². The minimum atomic E-state index is 0.408. The van der Waals surface area contributed by atoms with E-state index in [0.29, 0.717) is 5.95 Å². The molecule has 1 aromatic carbocycles. The van der Waals surface area contributed by atoms with Crippen LogP contribution in [0, 0.1) is 6.92 Å². The van der Waals surface area contributed by atoms with E-state index in [0.717, 1.165) is 24.3 Å². The highest BCUT2D eigenvalue weighted by atomic mass is 15.4. The van der Waals surface area contributed by atoms with E-state index in [1.807, 2.05) is 19.3 Å². The van der Waals surface area contributed by atoms with E-state index in [9.17, 15) is 0 Å². The van der Waals surface area contributed by atoms with E-state index >= 15 is 0 Å². The van der Waals surface area contributed by atoms with Crippen molar-refractivity contribution < 1.29 is 0 Å². The zero-order valence-electron chi connectivity index (χ0n) is 15.1. The first-order valence-corrected chi connectivity index (χ1v) is 8.84. The molecular weight excluding hydrogens is 298 g/mol. The molecule has 2 rings (SSSR count). The van der Waals surface area contributed by atoms with Gasteiger partial charge in [0.15, 0.2) is 0 Å². The molecule has 0 spiro atoms. The number of nitrogens with two attached hydrogens (primary N) is 1. The Bertz CT molecular complexity index is 634. The Kier molecular flexibility index (Phi) is 6.85. The average Bonchev–Trinajstić information content (AvgIpc) is 2.91. The molecule has 1 aromatic heterocycles. The molecule has 2 aromatic rings. The van der Waals surface area contributed by atoms with Crippen molar-refractivity contribution >= 4 is 17.9 Å². The van der Waals surface area contributed by atoms with Crippen LogP contribution >= 0.6 is 0 Å². The highest BCUT2D eigenvalue weighted by molar-refractivity contribution is 5.80. The predicted octanol–water partition coefficient (Wildman–Crippen LogP) is 4.06. The van der Waals surface area contributed by atoms with Crippen LogP contribution in [0.15, 0.2) is 35.6 Å². The van der Waals surface area contributed by atoms with E-state index in [2.05, 4.69) is 53.1 Å². The molecule has 130 valence electrons. The highest BCUT2D eigenvalue weighted by Gasteiger charge is 2.05. The summed E-state index contributed by atoms with van der Waals surface area (Å²) in [4.78, 5) is 6.62. The van der Waals surface area contributed by atoms with Crippen LogP contribution < -0.4 is 10.6 Å². The van der Waals surface area contributed by atoms with Crippen LogP contribution in [0.3, 0.4) is 0 Å². The summed E-state index contributed by atoms with van der Waals surface area (Å²) in [6.45, 7) is 8.62. The van der Waals surface area contributed by atoms with Gasteiger partial charge in [0.2, 0.25) is 5.95 Å². The van der Waals surface area contributed by atoms with Gasteiger partial charge in [-0.15, -0.1) is 0 Å². The Hall–Kier alpha value is -2.30. The number of nitrogens with zero attached hydrogens (tertiary/aromatic N) is 4. The van der Waals surface area contributed by atoms with Crippen molar-refractivity contribution in [2.24, 2.45) is 5.10 Å². The molecule has 0 saturated heterocycles. The van der Waals surface area contributed by atoms with Gasteiger partial charge in [-0.2, -0.15) is 5.10 Å². The standard InChI is InChI=1S/C19H29N5/c1-4-6-12-23(13-7-5-2)18-10-8-17(9-11-18)14-21-24-15-16(3)22-19(24)20/h8-11,14-15H,4-7,12-13H2,1-3H3,(H2,20,22). The molecule has 2 N–H and O–H groups in total. The van der Waals surface area contributed by atoms with Crippen molar-refractivity contribution in [3.8, 4) is 0 Å². The molecule has 0 unspecified atom stereocenters. The van der Waals surface area contributed by atoms with E-state index in [4.69, 9.17) is 5.73 Å². The lowest BCUT2D eigenvalue weighted by Crippen LogP contribution is -2.25. The largest absolute Gasteiger partial charge is 0.372 e. The molecular formula is C19H29N5. The second kappa shape index (κ2) is 9.11. The zero-order valence-corrected chi connectivity index (χ0v) is 15.1. The van der Waals surface area contributed by atoms with Gasteiger partial charge in [-0.1, -0.05) is 38.8 Å². The average molecular weight is 327 g/mol. The third kappa shape index (κ3) is 5.11. The normalized spacial score (nSPS) is 11.3. The highest BCUT2D eigenvalue weighted by Crippen LogP contribution is 2.16. The maximum atomic E-state index is 5.79. The Morgan fingerprint density at radius 1 is 1.12 bits per heavy atom. The van der Waals surface area contributed by atoms with Gasteiger partial charge in [0.25, 0.3) is 0 Å². The third-order valence-electron chi connectivity index (χ3n) is 3.99. The summed E-state index contributed by atoms with van der Waals surface area (Å²) < 4.78 is 1.60. The number of aryl methyl sites for hydroxylation is 1. The second-order valence-corrected chi connectivity index (χ2v) is 6.12. The van der Waals surface area contributed by atoms with Gasteiger partial charge in [0.1, 0.15) is 0 Å². The van der Waals surface area contributed by atoms with Gasteiger partial charge in [0, 0.05) is 18.8 Å². The molecule has 0 bridgehead atoms. The molecule has 0 amide bonds. The smallest absolute Gasteiger partial charge is 0.221 e. The van der Waals surface area contributed by atoms with Crippen LogP contribution in [-0.2, 0) is 0 Å². The van der Waals surface area contributed by atoms with Crippen LogP contribution in [0.1, 0.15) is 50.8 Å². The van der Waals surface area contributed by atoms with Crippen molar-refractivity contribution in [1.82, 2.24) is 9.66 Å². The van der Waals surface area contributed by atoms with Crippen LogP contribution in [0.2, 0.25) is 0 Å². The monoisotopic (exact) mass is 327 g/mol. The van der Waals surface area contributed by atoms with Crippen molar-refractivity contribution in [1.29, 1.82) is 0 Å². The van der Waals surface area contributed by atoms with Crippen LogP contribution in [0.4, 0.5) is 11.6 Å². The van der Waals surface area contributed by atoms with Gasteiger partial charge in [-0.3, -0.25) is 0 Å². The Balaban J connectivity index is 2.06. The number of unbranched alkanes of at least 4 members (excludes halogenated alkanes) is 2. The quantitative estimate of drug-likeness (QED) is 0.706. The van der Waals surface area contributed by atoms with Crippen LogP contribution in [-0.4, -0.2) is 29.0 Å². The zero-order chi connectivity index (χ0) is 17.4. The minimum Gasteiger partial charge on any atom is -0.372 e. The summed E-state index contributed by atoms with van der Waals surface area (Å²) in [7, 11) is 0. The SMILES string of the molecule is CCCCN(CCCC)c1ccc(C=Nn2cc(C)nc2N)cc1. The summed E-state index contributed by atoms with van der Waals surface area (Å²) in [5.74, 6) is 0.408. The predicted molar refractivity (Wildman–Crippen MR) is 103 cm³/mol. The summed E-state index contributed by atoms with van der Waals surface area (Å²) in [6.07, 6.45) is 8.53. The van der Waals surface area contributed by atoms with Crippen LogP contribution in [0.5, 0.6) is 0 Å². The van der Waals surface area contributed by atoms with E-state index in [1.54, 1.807) is 4.68 Å². The maximum Gasteiger partial charge on any atom is 0.221 e. The molecule has 0 aliphatic rings. The van der Waals surface area contributed by atoms with Crippen molar-refractivity contribution in [2.45, 2.75) is 46.5 Å². The molecule has 0 atom stereocenters. The van der Waals surface area contributed by atoms with E-state index in [1.165, 1.54) is 31.4 Å². The lowest BCUT2D eigenvalue weighted by Gasteiger charge is -2.24. The van der Waals surface area contributed by atoms with Gasteiger partial charge in [0.05, 0.1) is 18.1 Å². The van der Waals surface area contributed by atoms with Crippen molar-refractivity contribution in [3.05, 3.63) is 41.7 Å². The minimum absolute atomic E-state index is 0.408. The molecule has 1 heterocycles. The molecule has 0 aliphatic carbocycles. The molecule has 24 heavy (non-hydrogen) atoms. The fourth-order valence-electron chi connectivity index (χ4n) is 2.56. The molecule has 5 nitrogen and oxygen atoms in total. The first-order chi connectivity index (χ1) is 11.6.